The highest BCUT2D eigenvalue weighted by molar-refractivity contribution is 5.28. The highest BCUT2D eigenvalue weighted by atomic mass is 15.2. The van der Waals surface area contributed by atoms with Gasteiger partial charge in [0.15, 0.2) is 0 Å². The molecule has 0 aliphatic rings. The van der Waals surface area contributed by atoms with Gasteiger partial charge in [-0.1, -0.05) is 6.92 Å². The minimum absolute atomic E-state index is 0.994. The van der Waals surface area contributed by atoms with Crippen LogP contribution in [-0.2, 0) is 6.54 Å². The van der Waals surface area contributed by atoms with E-state index in [0.717, 1.165) is 37.7 Å². The molecule has 0 aromatic carbocycles. The van der Waals surface area contributed by atoms with Crippen molar-refractivity contribution in [3.05, 3.63) is 11.9 Å². The fourth-order valence-electron chi connectivity index (χ4n) is 1.81. The number of rotatable bonds is 8. The number of hydrogen-bond acceptors (Lipinski definition) is 3. The van der Waals surface area contributed by atoms with Crippen LogP contribution < -0.4 is 5.32 Å². The van der Waals surface area contributed by atoms with Gasteiger partial charge in [-0.3, -0.25) is 0 Å². The fraction of sp³-hybridized carbons (Fsp3) is 0.769. The van der Waals surface area contributed by atoms with Crippen molar-refractivity contribution in [2.75, 3.05) is 32.5 Å². The van der Waals surface area contributed by atoms with Crippen molar-refractivity contribution in [3.8, 4) is 0 Å². The smallest absolute Gasteiger partial charge is 0.203 e. The van der Waals surface area contributed by atoms with Gasteiger partial charge < -0.3 is 14.8 Å². The second kappa shape index (κ2) is 7.33. The minimum Gasteiger partial charge on any atom is -0.356 e. The maximum Gasteiger partial charge on any atom is 0.203 e. The summed E-state index contributed by atoms with van der Waals surface area (Å²) in [7, 11) is 4.24. The minimum atomic E-state index is 0.994. The monoisotopic (exact) mass is 238 g/mol. The van der Waals surface area contributed by atoms with Crippen LogP contribution >= 0.6 is 0 Å². The molecule has 17 heavy (non-hydrogen) atoms. The van der Waals surface area contributed by atoms with Crippen molar-refractivity contribution >= 4 is 5.95 Å². The zero-order valence-electron chi connectivity index (χ0n) is 11.7. The lowest BCUT2D eigenvalue weighted by atomic mass is 10.3. The third-order valence-electron chi connectivity index (χ3n) is 2.68. The Labute approximate surface area is 105 Å². The van der Waals surface area contributed by atoms with Crippen molar-refractivity contribution in [2.45, 2.75) is 39.7 Å². The van der Waals surface area contributed by atoms with E-state index in [1.165, 1.54) is 12.8 Å². The van der Waals surface area contributed by atoms with E-state index in [1.807, 2.05) is 6.92 Å². The molecule has 1 rings (SSSR count). The molecular formula is C13H26N4. The summed E-state index contributed by atoms with van der Waals surface area (Å²) < 4.78 is 2.24. The zero-order valence-corrected chi connectivity index (χ0v) is 11.7. The number of unbranched alkanes of at least 4 members (excludes halogenated alkanes) is 1. The Kier molecular flexibility index (Phi) is 6.05. The summed E-state index contributed by atoms with van der Waals surface area (Å²) in [5, 5.41) is 3.37. The van der Waals surface area contributed by atoms with E-state index >= 15 is 0 Å². The van der Waals surface area contributed by atoms with Crippen molar-refractivity contribution in [3.63, 3.8) is 0 Å². The van der Waals surface area contributed by atoms with Gasteiger partial charge in [0, 0.05) is 19.3 Å². The molecule has 1 N–H and O–H groups in total. The number of anilines is 1. The highest BCUT2D eigenvalue weighted by Crippen LogP contribution is 2.10. The SMILES string of the molecule is CCCNc1nc(C)cn1CCCCN(C)C. The molecule has 0 aliphatic carbocycles. The number of aromatic nitrogens is 2. The molecule has 1 aromatic heterocycles. The lowest BCUT2D eigenvalue weighted by molar-refractivity contribution is 0.388. The zero-order chi connectivity index (χ0) is 12.7. The number of aryl methyl sites for hydroxylation is 2. The molecule has 0 atom stereocenters. The Hall–Kier alpha value is -1.03. The molecule has 98 valence electrons. The van der Waals surface area contributed by atoms with E-state index < -0.39 is 0 Å². The third-order valence-corrected chi connectivity index (χ3v) is 2.68. The molecule has 4 nitrogen and oxygen atoms in total. The molecule has 0 bridgehead atoms. The summed E-state index contributed by atoms with van der Waals surface area (Å²) in [5.74, 6) is 1.02. The molecule has 1 heterocycles. The van der Waals surface area contributed by atoms with Crippen LogP contribution in [0.5, 0.6) is 0 Å². The molecule has 0 unspecified atom stereocenters. The predicted molar refractivity (Wildman–Crippen MR) is 73.5 cm³/mol. The standard InChI is InChI=1S/C13H26N4/c1-5-8-14-13-15-12(2)11-17(13)10-7-6-9-16(3)4/h11H,5-10H2,1-4H3,(H,14,15). The number of hydrogen-bond donors (Lipinski definition) is 1. The van der Waals surface area contributed by atoms with Crippen molar-refractivity contribution in [1.82, 2.24) is 14.5 Å². The van der Waals surface area contributed by atoms with E-state index in [2.05, 4.69) is 47.0 Å². The summed E-state index contributed by atoms with van der Waals surface area (Å²) in [6, 6.07) is 0. The molecule has 0 aliphatic heterocycles. The average Bonchev–Trinajstić information content (AvgIpc) is 2.62. The lowest BCUT2D eigenvalue weighted by Crippen LogP contribution is -2.14. The fourth-order valence-corrected chi connectivity index (χ4v) is 1.81. The molecular weight excluding hydrogens is 212 g/mol. The maximum atomic E-state index is 4.50. The average molecular weight is 238 g/mol. The summed E-state index contributed by atoms with van der Waals surface area (Å²) in [5.41, 5.74) is 1.09. The molecule has 4 heteroatoms. The first-order chi connectivity index (χ1) is 8.13. The van der Waals surface area contributed by atoms with Crippen LogP contribution in [0.1, 0.15) is 31.9 Å². The summed E-state index contributed by atoms with van der Waals surface area (Å²) in [6.45, 7) is 7.43. The van der Waals surface area contributed by atoms with Gasteiger partial charge in [0.2, 0.25) is 5.95 Å². The van der Waals surface area contributed by atoms with E-state index in [0.29, 0.717) is 0 Å². The molecule has 0 spiro atoms. The van der Waals surface area contributed by atoms with Crippen LogP contribution in [0, 0.1) is 6.92 Å². The molecule has 0 saturated heterocycles. The summed E-state index contributed by atoms with van der Waals surface area (Å²) >= 11 is 0. The second-order valence-electron chi connectivity index (χ2n) is 4.84. The first kappa shape index (κ1) is 14.0. The Morgan fingerprint density at radius 1 is 1.35 bits per heavy atom. The normalized spacial score (nSPS) is 11.1. The Bertz CT molecular complexity index is 317. The van der Waals surface area contributed by atoms with Crippen LogP contribution in [-0.4, -0.2) is 41.6 Å². The molecule has 0 fully saturated rings. The first-order valence-electron chi connectivity index (χ1n) is 6.56. The van der Waals surface area contributed by atoms with E-state index in [4.69, 9.17) is 0 Å². The van der Waals surface area contributed by atoms with Gasteiger partial charge in [0.25, 0.3) is 0 Å². The van der Waals surface area contributed by atoms with Crippen molar-refractivity contribution < 1.29 is 0 Å². The largest absolute Gasteiger partial charge is 0.356 e. The Morgan fingerprint density at radius 3 is 2.76 bits per heavy atom. The predicted octanol–water partition coefficient (Wildman–Crippen LogP) is 2.36. The number of imidazole rings is 1. The van der Waals surface area contributed by atoms with Crippen LogP contribution in [0.2, 0.25) is 0 Å². The van der Waals surface area contributed by atoms with Gasteiger partial charge in [-0.25, -0.2) is 4.98 Å². The Balaban J connectivity index is 2.40. The van der Waals surface area contributed by atoms with Gasteiger partial charge in [-0.2, -0.15) is 0 Å². The van der Waals surface area contributed by atoms with E-state index in [-0.39, 0.29) is 0 Å². The van der Waals surface area contributed by atoms with Gasteiger partial charge in [0.1, 0.15) is 0 Å². The van der Waals surface area contributed by atoms with Gasteiger partial charge in [-0.05, 0) is 46.8 Å². The molecule has 0 saturated carbocycles. The Morgan fingerprint density at radius 2 is 2.12 bits per heavy atom. The van der Waals surface area contributed by atoms with Crippen LogP contribution in [0.25, 0.3) is 0 Å². The highest BCUT2D eigenvalue weighted by Gasteiger charge is 2.04. The second-order valence-corrected chi connectivity index (χ2v) is 4.84. The van der Waals surface area contributed by atoms with Crippen LogP contribution in [0.3, 0.4) is 0 Å². The van der Waals surface area contributed by atoms with Crippen LogP contribution in [0.4, 0.5) is 5.95 Å². The number of nitrogens with zero attached hydrogens (tertiary/aromatic N) is 3. The van der Waals surface area contributed by atoms with Crippen molar-refractivity contribution in [1.29, 1.82) is 0 Å². The topological polar surface area (TPSA) is 33.1 Å². The maximum absolute atomic E-state index is 4.50. The summed E-state index contributed by atoms with van der Waals surface area (Å²) in [6.07, 6.45) is 5.70. The molecule has 0 radical (unpaired) electrons. The molecule has 0 amide bonds. The quantitative estimate of drug-likeness (QED) is 0.706. The summed E-state index contributed by atoms with van der Waals surface area (Å²) in [4.78, 5) is 6.73. The van der Waals surface area contributed by atoms with Gasteiger partial charge in [0.05, 0.1) is 5.69 Å². The first-order valence-corrected chi connectivity index (χ1v) is 6.56. The van der Waals surface area contributed by atoms with Crippen LogP contribution in [0.15, 0.2) is 6.20 Å². The molecule has 1 aromatic rings. The lowest BCUT2D eigenvalue weighted by Gasteiger charge is -2.11. The third kappa shape index (κ3) is 5.22. The number of nitrogens with one attached hydrogen (secondary N) is 1. The van der Waals surface area contributed by atoms with E-state index in [9.17, 15) is 0 Å². The van der Waals surface area contributed by atoms with Gasteiger partial charge >= 0.3 is 0 Å². The van der Waals surface area contributed by atoms with Crippen molar-refractivity contribution in [2.24, 2.45) is 0 Å². The van der Waals surface area contributed by atoms with E-state index in [1.54, 1.807) is 0 Å². The van der Waals surface area contributed by atoms with Gasteiger partial charge in [-0.15, -0.1) is 0 Å².